The molecule has 2 heterocycles. The van der Waals surface area contributed by atoms with E-state index in [1.54, 1.807) is 6.92 Å². The molecule has 0 aliphatic carbocycles. The molecule has 0 aromatic heterocycles. The van der Waals surface area contributed by atoms with E-state index in [1.165, 1.54) is 6.40 Å². The van der Waals surface area contributed by atoms with Crippen molar-refractivity contribution in [3.63, 3.8) is 0 Å². The van der Waals surface area contributed by atoms with Gasteiger partial charge in [-0.15, -0.1) is 0 Å². The first-order valence-corrected chi connectivity index (χ1v) is 7.03. The molecule has 0 saturated heterocycles. The van der Waals surface area contributed by atoms with E-state index in [9.17, 15) is 4.79 Å². The van der Waals surface area contributed by atoms with Gasteiger partial charge in [0.1, 0.15) is 0 Å². The monoisotopic (exact) mass is 291 g/mol. The summed E-state index contributed by atoms with van der Waals surface area (Å²) >= 11 is 0. The third-order valence-corrected chi connectivity index (χ3v) is 3.34. The van der Waals surface area contributed by atoms with Crippen molar-refractivity contribution in [2.45, 2.75) is 25.5 Å². The molecule has 1 aromatic rings. The van der Waals surface area contributed by atoms with Crippen molar-refractivity contribution in [2.24, 2.45) is 4.99 Å². The molecule has 0 saturated carbocycles. The van der Waals surface area contributed by atoms with Crippen molar-refractivity contribution in [2.75, 3.05) is 19.8 Å². The number of carbonyl (C=O) groups is 1. The highest BCUT2D eigenvalue weighted by atomic mass is 16.5. The van der Waals surface area contributed by atoms with Gasteiger partial charge in [0.05, 0.1) is 19.8 Å². The Balaban J connectivity index is 1.83. The molecule has 0 radical (unpaired) electrons. The lowest BCUT2D eigenvalue weighted by Crippen LogP contribution is -2.26. The molecule has 21 heavy (non-hydrogen) atoms. The van der Waals surface area contributed by atoms with Gasteiger partial charge in [-0.3, -0.25) is 0 Å². The average Bonchev–Trinajstić information content (AvgIpc) is 2.86. The van der Waals surface area contributed by atoms with Crippen LogP contribution in [-0.2, 0) is 14.3 Å². The number of ether oxygens (including phenoxy) is 4. The molecular formula is C15H17NO5. The largest absolute Gasteiger partial charge is 0.490 e. The number of esters is 1. The Kier molecular flexibility index (Phi) is 3.94. The zero-order chi connectivity index (χ0) is 14.7. The smallest absolute Gasteiger partial charge is 0.335 e. The molecule has 0 amide bonds. The van der Waals surface area contributed by atoms with Crippen molar-refractivity contribution >= 4 is 12.4 Å². The Morgan fingerprint density at radius 3 is 2.95 bits per heavy atom. The summed E-state index contributed by atoms with van der Waals surface area (Å²) in [5, 5.41) is 0. The highest BCUT2D eigenvalue weighted by Crippen LogP contribution is 2.36. The molecule has 6 heteroatoms. The third-order valence-electron chi connectivity index (χ3n) is 3.34. The van der Waals surface area contributed by atoms with E-state index in [0.717, 1.165) is 12.0 Å². The van der Waals surface area contributed by atoms with Crippen molar-refractivity contribution in [1.82, 2.24) is 0 Å². The Hall–Kier alpha value is -2.24. The molecule has 6 nitrogen and oxygen atoms in total. The number of rotatable bonds is 3. The quantitative estimate of drug-likeness (QED) is 0.795. The van der Waals surface area contributed by atoms with E-state index in [2.05, 4.69) is 4.99 Å². The molecule has 2 atom stereocenters. The van der Waals surface area contributed by atoms with Crippen molar-refractivity contribution < 1.29 is 23.7 Å². The second-order valence-electron chi connectivity index (χ2n) is 4.76. The SMILES string of the molecule is CCOC(=O)C1N=COC1c1ccc2c(c1)OCCCO2. The zero-order valence-electron chi connectivity index (χ0n) is 11.8. The lowest BCUT2D eigenvalue weighted by Gasteiger charge is -2.17. The van der Waals surface area contributed by atoms with Gasteiger partial charge in [0, 0.05) is 6.42 Å². The van der Waals surface area contributed by atoms with E-state index in [-0.39, 0.29) is 5.97 Å². The minimum atomic E-state index is -0.672. The minimum Gasteiger partial charge on any atom is -0.490 e. The number of nitrogens with zero attached hydrogens (tertiary/aromatic N) is 1. The number of aliphatic imine (C=N–C) groups is 1. The molecule has 0 spiro atoms. The van der Waals surface area contributed by atoms with Crippen LogP contribution in [-0.4, -0.2) is 38.2 Å². The summed E-state index contributed by atoms with van der Waals surface area (Å²) in [5.41, 5.74) is 0.815. The van der Waals surface area contributed by atoms with E-state index < -0.39 is 12.1 Å². The molecule has 3 rings (SSSR count). The van der Waals surface area contributed by atoms with Gasteiger partial charge >= 0.3 is 5.97 Å². The van der Waals surface area contributed by atoms with Gasteiger partial charge in [-0.1, -0.05) is 6.07 Å². The number of benzene rings is 1. The van der Waals surface area contributed by atoms with Crippen LogP contribution in [0.2, 0.25) is 0 Å². The maximum absolute atomic E-state index is 11.9. The van der Waals surface area contributed by atoms with Crippen LogP contribution in [0.3, 0.4) is 0 Å². The predicted molar refractivity (Wildman–Crippen MR) is 74.8 cm³/mol. The van der Waals surface area contributed by atoms with Crippen molar-refractivity contribution in [1.29, 1.82) is 0 Å². The number of hydrogen-bond acceptors (Lipinski definition) is 6. The molecule has 112 valence electrons. The van der Waals surface area contributed by atoms with E-state index in [1.807, 2.05) is 18.2 Å². The van der Waals surface area contributed by atoms with Gasteiger partial charge in [-0.2, -0.15) is 0 Å². The molecule has 2 aliphatic heterocycles. The van der Waals surface area contributed by atoms with Crippen LogP contribution in [0.25, 0.3) is 0 Å². The van der Waals surface area contributed by atoms with Crippen molar-refractivity contribution in [3.05, 3.63) is 23.8 Å². The second kappa shape index (κ2) is 6.03. The standard InChI is InChI=1S/C15H17NO5/c1-2-18-15(17)13-14(21-9-16-13)10-4-5-11-12(8-10)20-7-3-6-19-11/h4-5,8-9,13-14H,2-3,6-7H2,1H3. The fourth-order valence-electron chi connectivity index (χ4n) is 2.35. The zero-order valence-corrected chi connectivity index (χ0v) is 11.8. The van der Waals surface area contributed by atoms with Crippen LogP contribution in [0, 0.1) is 0 Å². The Bertz CT molecular complexity index is 557. The van der Waals surface area contributed by atoms with E-state index >= 15 is 0 Å². The summed E-state index contributed by atoms with van der Waals surface area (Å²) in [6.07, 6.45) is 1.66. The number of carbonyl (C=O) groups excluding carboxylic acids is 1. The van der Waals surface area contributed by atoms with Crippen LogP contribution in [0.15, 0.2) is 23.2 Å². The maximum atomic E-state index is 11.9. The highest BCUT2D eigenvalue weighted by molar-refractivity contribution is 5.80. The Labute approximate surface area is 122 Å². The van der Waals surface area contributed by atoms with Gasteiger partial charge in [0.25, 0.3) is 0 Å². The van der Waals surface area contributed by atoms with Gasteiger partial charge in [-0.05, 0) is 24.6 Å². The molecule has 2 unspecified atom stereocenters. The first kappa shape index (κ1) is 13.7. The minimum absolute atomic E-state index is 0.318. The third kappa shape index (κ3) is 2.79. The van der Waals surface area contributed by atoms with Crippen molar-refractivity contribution in [3.8, 4) is 11.5 Å². The van der Waals surface area contributed by atoms with Crippen LogP contribution < -0.4 is 9.47 Å². The van der Waals surface area contributed by atoms with Gasteiger partial charge in [-0.25, -0.2) is 9.79 Å². The first-order chi connectivity index (χ1) is 10.3. The second-order valence-corrected chi connectivity index (χ2v) is 4.76. The molecular weight excluding hydrogens is 274 g/mol. The normalized spacial score (nSPS) is 23.3. The maximum Gasteiger partial charge on any atom is 0.335 e. The topological polar surface area (TPSA) is 66.4 Å². The van der Waals surface area contributed by atoms with Gasteiger partial charge in [0.2, 0.25) is 0 Å². The predicted octanol–water partition coefficient (Wildman–Crippen LogP) is 1.88. The summed E-state index contributed by atoms with van der Waals surface area (Å²) in [6.45, 7) is 3.33. The molecule has 0 fully saturated rings. The average molecular weight is 291 g/mol. The summed E-state index contributed by atoms with van der Waals surface area (Å²) in [4.78, 5) is 15.9. The fraction of sp³-hybridized carbons (Fsp3) is 0.467. The van der Waals surface area contributed by atoms with E-state index in [4.69, 9.17) is 18.9 Å². The number of fused-ring (bicyclic) bond motifs is 1. The Morgan fingerprint density at radius 2 is 2.14 bits per heavy atom. The number of hydrogen-bond donors (Lipinski definition) is 0. The molecule has 0 N–H and O–H groups in total. The summed E-state index contributed by atoms with van der Waals surface area (Å²) in [5.74, 6) is 0.995. The Morgan fingerprint density at radius 1 is 1.33 bits per heavy atom. The summed E-state index contributed by atoms with van der Waals surface area (Å²) in [7, 11) is 0. The van der Waals surface area contributed by atoms with Gasteiger partial charge < -0.3 is 18.9 Å². The van der Waals surface area contributed by atoms with Crippen LogP contribution >= 0.6 is 0 Å². The molecule has 0 bridgehead atoms. The molecule has 2 aliphatic rings. The molecule has 1 aromatic carbocycles. The van der Waals surface area contributed by atoms with Crippen LogP contribution in [0.5, 0.6) is 11.5 Å². The fourth-order valence-corrected chi connectivity index (χ4v) is 2.35. The van der Waals surface area contributed by atoms with Gasteiger partial charge in [0.15, 0.2) is 30.0 Å². The van der Waals surface area contributed by atoms with Crippen LogP contribution in [0.1, 0.15) is 25.0 Å². The van der Waals surface area contributed by atoms with Crippen LogP contribution in [0.4, 0.5) is 0 Å². The summed E-state index contributed by atoms with van der Waals surface area (Å²) in [6, 6.07) is 4.86. The van der Waals surface area contributed by atoms with E-state index in [0.29, 0.717) is 31.3 Å². The highest BCUT2D eigenvalue weighted by Gasteiger charge is 2.35. The lowest BCUT2D eigenvalue weighted by atomic mass is 10.0. The lowest BCUT2D eigenvalue weighted by molar-refractivity contribution is -0.146. The summed E-state index contributed by atoms with van der Waals surface area (Å²) < 4.78 is 21.7. The first-order valence-electron chi connectivity index (χ1n) is 7.03.